The van der Waals surface area contributed by atoms with Gasteiger partial charge in [-0.05, 0) is 34.4 Å². The van der Waals surface area contributed by atoms with Gasteiger partial charge in [0, 0.05) is 38.1 Å². The number of nitrogens with two attached hydrogens (primary N) is 1. The minimum absolute atomic E-state index is 0.0137. The molecule has 11 rings (SSSR count). The third-order valence-corrected chi connectivity index (χ3v) is 16.8. The number of hydrogen-bond donors (Lipinski definition) is 1. The second-order valence-electron chi connectivity index (χ2n) is 15.6. The Kier molecular flexibility index (Phi) is 10.2. The maximum atomic E-state index is 15.3. The molecule has 3 aliphatic rings. The summed E-state index contributed by atoms with van der Waals surface area (Å²) in [5.74, 6) is -2.59. The van der Waals surface area contributed by atoms with Gasteiger partial charge in [0.2, 0.25) is 17.0 Å². The van der Waals surface area contributed by atoms with E-state index in [2.05, 4.69) is 0 Å². The molecule has 68 heavy (non-hydrogen) atoms. The van der Waals surface area contributed by atoms with E-state index in [4.69, 9.17) is 25.2 Å². The van der Waals surface area contributed by atoms with Crippen LogP contribution in [0.15, 0.2) is 143 Å². The van der Waals surface area contributed by atoms with Crippen molar-refractivity contribution in [1.82, 2.24) is 0 Å². The second kappa shape index (κ2) is 16.5. The lowest BCUT2D eigenvalue weighted by atomic mass is 9.79. The van der Waals surface area contributed by atoms with E-state index in [9.17, 15) is 25.4 Å². The van der Waals surface area contributed by atoms with Gasteiger partial charge in [0.25, 0.3) is 0 Å². The van der Waals surface area contributed by atoms with Crippen molar-refractivity contribution in [1.29, 1.82) is 15.8 Å². The first-order chi connectivity index (χ1) is 33.2. The van der Waals surface area contributed by atoms with Gasteiger partial charge in [-0.1, -0.05) is 109 Å². The van der Waals surface area contributed by atoms with Gasteiger partial charge in [0.15, 0.2) is 0 Å². The number of hydrogen-bond acceptors (Lipinski definition) is 16. The molecule has 4 aromatic heterocycles. The van der Waals surface area contributed by atoms with Gasteiger partial charge < -0.3 is 15.2 Å². The Morgan fingerprint density at radius 3 is 1.65 bits per heavy atom. The third-order valence-electron chi connectivity index (χ3n) is 11.8. The van der Waals surface area contributed by atoms with Gasteiger partial charge in [-0.15, -0.1) is 45.3 Å². The van der Waals surface area contributed by atoms with E-state index in [1.165, 1.54) is 45.3 Å². The number of esters is 2. The number of carbonyl (C=O) groups is 4. The summed E-state index contributed by atoms with van der Waals surface area (Å²) >= 11 is 5.16. The smallest absolute Gasteiger partial charge is 0.333 e. The molecule has 4 heterocycles. The molecule has 8 aromatic rings. The number of allylic oxidation sites excluding steroid dienone is 4. The fourth-order valence-electron chi connectivity index (χ4n) is 8.80. The van der Waals surface area contributed by atoms with E-state index in [0.717, 1.165) is 14.1 Å². The predicted molar refractivity (Wildman–Crippen MR) is 262 cm³/mol. The van der Waals surface area contributed by atoms with Crippen molar-refractivity contribution in [2.75, 3.05) is 0 Å². The minimum Gasteiger partial charge on any atom is -0.459 e. The van der Waals surface area contributed by atoms with Crippen LogP contribution in [0, 0.1) is 34.0 Å². The molecule has 3 aliphatic carbocycles. The second-order valence-corrected chi connectivity index (χ2v) is 19.7. The zero-order valence-electron chi connectivity index (χ0n) is 34.9. The van der Waals surface area contributed by atoms with Crippen LogP contribution in [0.25, 0.3) is 39.7 Å². The highest BCUT2D eigenvalue weighted by atomic mass is 32.1. The molecule has 0 saturated carbocycles. The number of aliphatic imine (C=N–C) groups is 2. The number of benzene rings is 4. The highest BCUT2D eigenvalue weighted by Crippen LogP contribution is 2.63. The Morgan fingerprint density at radius 2 is 1.09 bits per heavy atom. The standard InChI is InChI=1S/C52H26N6O6S4/c53-21-28(22-54)38-29-15-7-9-17-31(29)43(59)41(38)58-37-20-35-46(67-37)49-48(65-35)40-47(68-49)45-33(19-36(66-45)57-42-39(34(56)23-55)30-16-8-10-18-32(30)44(42)60)52(40,50(61)63-24-26-11-3-1-4-12-26)51(62)64-25-27-13-5-2-6-14-27/h1-20H,24-25,56H2/b39-34-,57-42-,58-41+. The molecule has 2 N–H and O–H groups in total. The average Bonchev–Trinajstić information content (AvgIpc) is 4.24. The van der Waals surface area contributed by atoms with Crippen LogP contribution in [0.5, 0.6) is 0 Å². The molecule has 12 nitrogen and oxygen atoms in total. The fourth-order valence-corrected chi connectivity index (χ4v) is 14.3. The quantitative estimate of drug-likeness (QED) is 0.0865. The number of ether oxygens (including phenoxy) is 2. The summed E-state index contributed by atoms with van der Waals surface area (Å²) in [5.41, 5.74) is 7.59. The molecule has 0 atom stereocenters. The maximum Gasteiger partial charge on any atom is 0.333 e. The Balaban J connectivity index is 1.11. The number of carbonyl (C=O) groups excluding carboxylic acids is 4. The molecule has 0 aliphatic heterocycles. The van der Waals surface area contributed by atoms with Crippen LogP contribution >= 0.6 is 45.3 Å². The van der Waals surface area contributed by atoms with Crippen LogP contribution < -0.4 is 5.73 Å². The van der Waals surface area contributed by atoms with Crippen LogP contribution in [-0.2, 0) is 37.7 Å². The summed E-state index contributed by atoms with van der Waals surface area (Å²) in [6, 6.07) is 40.9. The Labute approximate surface area is 401 Å². The number of Topliss-reactive ketones (excluding diaryl/α,β-unsaturated/α-hetero) is 2. The number of nitrogens with zero attached hydrogens (tertiary/aromatic N) is 5. The van der Waals surface area contributed by atoms with Gasteiger partial charge >= 0.3 is 11.9 Å². The Morgan fingerprint density at radius 1 is 0.574 bits per heavy atom. The summed E-state index contributed by atoms with van der Waals surface area (Å²) in [7, 11) is 0. The van der Waals surface area contributed by atoms with Gasteiger partial charge in [-0.25, -0.2) is 9.98 Å². The maximum absolute atomic E-state index is 15.3. The van der Waals surface area contributed by atoms with Gasteiger partial charge in [-0.3, -0.25) is 19.2 Å². The molecular weight excluding hydrogens is 933 g/mol. The van der Waals surface area contributed by atoms with E-state index in [1.54, 1.807) is 60.7 Å². The van der Waals surface area contributed by atoms with Crippen molar-refractivity contribution < 1.29 is 28.7 Å². The summed E-state index contributed by atoms with van der Waals surface area (Å²) < 4.78 is 15.2. The number of nitriles is 3. The normalized spacial score (nSPS) is 16.0. The topological polar surface area (TPSA) is 209 Å². The first-order valence-electron chi connectivity index (χ1n) is 20.6. The van der Waals surface area contributed by atoms with E-state index in [1.807, 2.05) is 78.9 Å². The molecule has 0 bridgehead atoms. The van der Waals surface area contributed by atoms with Crippen LogP contribution in [0.2, 0.25) is 0 Å². The highest BCUT2D eigenvalue weighted by Gasteiger charge is 2.61. The summed E-state index contributed by atoms with van der Waals surface area (Å²) in [5, 5.41) is 30.4. The zero-order valence-corrected chi connectivity index (χ0v) is 38.1. The third kappa shape index (κ3) is 6.41. The molecule has 0 amide bonds. The number of fused-ring (bicyclic) bond motifs is 9. The molecular formula is C52H26N6O6S4. The summed E-state index contributed by atoms with van der Waals surface area (Å²) in [6.45, 7) is -0.304. The van der Waals surface area contributed by atoms with Crippen LogP contribution in [0.3, 0.4) is 0 Å². The van der Waals surface area contributed by atoms with E-state index < -0.39 is 28.9 Å². The Bertz CT molecular complexity index is 3760. The molecule has 0 radical (unpaired) electrons. The predicted octanol–water partition coefficient (Wildman–Crippen LogP) is 10.9. The molecule has 0 spiro atoms. The lowest BCUT2D eigenvalue weighted by molar-refractivity contribution is -0.164. The SMILES string of the molecule is N#CC(C#N)=C1/C(=N\c2cc3sc4c5c(sc4c3s2)-c2sc(/N=C3\C(=O)c4ccccc4\C3=C(\N)C#N)cc2C5(C(=O)OCc2ccccc2)C(=O)OCc2ccccc2)C(=O)c2ccccc21. The van der Waals surface area contributed by atoms with Crippen LogP contribution in [0.4, 0.5) is 10.0 Å². The number of ketones is 2. The number of rotatable bonds is 8. The fraction of sp³-hybridized carbons (Fsp3) is 0.0577. The molecule has 324 valence electrons. The molecule has 16 heteroatoms. The average molecular weight is 959 g/mol. The van der Waals surface area contributed by atoms with E-state index >= 15 is 9.59 Å². The van der Waals surface area contributed by atoms with Crippen molar-refractivity contribution >= 4 is 120 Å². The van der Waals surface area contributed by atoms with Crippen molar-refractivity contribution in [2.45, 2.75) is 18.6 Å². The molecule has 0 saturated heterocycles. The lowest BCUT2D eigenvalue weighted by Crippen LogP contribution is -2.45. The first kappa shape index (κ1) is 42.2. The molecule has 0 fully saturated rings. The highest BCUT2D eigenvalue weighted by molar-refractivity contribution is 7.41. The van der Waals surface area contributed by atoms with Gasteiger partial charge in [-0.2, -0.15) is 15.8 Å². The van der Waals surface area contributed by atoms with Crippen molar-refractivity contribution in [3.05, 3.63) is 177 Å². The monoisotopic (exact) mass is 958 g/mol. The minimum atomic E-state index is -2.17. The van der Waals surface area contributed by atoms with Crippen LogP contribution in [-0.4, -0.2) is 34.9 Å². The first-order valence-corrected chi connectivity index (χ1v) is 23.9. The van der Waals surface area contributed by atoms with Crippen molar-refractivity contribution in [2.24, 2.45) is 15.7 Å². The summed E-state index contributed by atoms with van der Waals surface area (Å²) in [4.78, 5) is 69.0. The van der Waals surface area contributed by atoms with Crippen molar-refractivity contribution in [3.63, 3.8) is 0 Å². The zero-order chi connectivity index (χ0) is 46.8. The van der Waals surface area contributed by atoms with E-state index in [0.29, 0.717) is 58.4 Å². The molecule has 4 aromatic carbocycles. The lowest BCUT2D eigenvalue weighted by Gasteiger charge is -2.26. The van der Waals surface area contributed by atoms with E-state index in [-0.39, 0.29) is 57.6 Å². The summed E-state index contributed by atoms with van der Waals surface area (Å²) in [6.07, 6.45) is 0. The van der Waals surface area contributed by atoms with Gasteiger partial charge in [0.1, 0.15) is 64.1 Å². The Hall–Kier alpha value is -8.43. The number of thiophene rings is 4. The van der Waals surface area contributed by atoms with Gasteiger partial charge in [0.05, 0.1) is 23.9 Å². The van der Waals surface area contributed by atoms with Crippen LogP contribution in [0.1, 0.15) is 54.1 Å². The van der Waals surface area contributed by atoms with Crippen molar-refractivity contribution in [3.8, 4) is 28.0 Å². The molecule has 0 unspecified atom stereocenters. The largest absolute Gasteiger partial charge is 0.459 e.